The molecule has 1 N–H and O–H groups in total. The molecule has 0 aromatic carbocycles. The molecule has 1 rings (SSSR count). The van der Waals surface area contributed by atoms with Crippen LogP contribution in [0.1, 0.15) is 29.5 Å². The molecule has 0 aliphatic heterocycles. The zero-order valence-electron chi connectivity index (χ0n) is 11.1. The predicted octanol–water partition coefficient (Wildman–Crippen LogP) is 2.73. The van der Waals surface area contributed by atoms with Gasteiger partial charge < -0.3 is 10.0 Å². The molecule has 1 aromatic heterocycles. The summed E-state index contributed by atoms with van der Waals surface area (Å²) in [6.07, 6.45) is 4.82. The average Bonchev–Trinajstić information content (AvgIpc) is 2.77. The highest BCUT2D eigenvalue weighted by Crippen LogP contribution is 2.17. The molecule has 0 bridgehead atoms. The normalized spacial score (nSPS) is 11.1. The fourth-order valence-electron chi connectivity index (χ4n) is 1.66. The number of thiophene rings is 1. The van der Waals surface area contributed by atoms with Gasteiger partial charge in [-0.15, -0.1) is 11.3 Å². The summed E-state index contributed by atoms with van der Waals surface area (Å²) in [5, 5.41) is 8.89. The lowest BCUT2D eigenvalue weighted by atomic mass is 10.3. The molecular formula is C14H21NO2S. The van der Waals surface area contributed by atoms with Crippen LogP contribution < -0.4 is 0 Å². The third-order valence-electron chi connectivity index (χ3n) is 2.61. The van der Waals surface area contributed by atoms with Gasteiger partial charge in [-0.3, -0.25) is 4.79 Å². The summed E-state index contributed by atoms with van der Waals surface area (Å²) in [7, 11) is 0. The molecule has 1 heterocycles. The predicted molar refractivity (Wildman–Crippen MR) is 75.6 cm³/mol. The second kappa shape index (κ2) is 8.06. The standard InChI is InChI=1S/C14H21NO2S/c1-3-4-6-14(17)15(9-5-10-16)11-13-8-7-12(2)18-13/h3-4,7-8,16H,5-6,9-11H2,1-2H3/b4-3+. The lowest BCUT2D eigenvalue weighted by molar-refractivity contribution is -0.131. The number of carbonyl (C=O) groups is 1. The summed E-state index contributed by atoms with van der Waals surface area (Å²) in [6.45, 7) is 5.36. The van der Waals surface area contributed by atoms with E-state index in [1.807, 2.05) is 24.0 Å². The van der Waals surface area contributed by atoms with Crippen LogP contribution in [0.3, 0.4) is 0 Å². The maximum Gasteiger partial charge on any atom is 0.226 e. The molecule has 0 atom stereocenters. The van der Waals surface area contributed by atoms with Gasteiger partial charge in [0, 0.05) is 29.3 Å². The smallest absolute Gasteiger partial charge is 0.226 e. The van der Waals surface area contributed by atoms with E-state index in [0.717, 1.165) is 0 Å². The van der Waals surface area contributed by atoms with E-state index in [1.54, 1.807) is 11.3 Å². The summed E-state index contributed by atoms with van der Waals surface area (Å²) in [5.74, 6) is 0.118. The zero-order chi connectivity index (χ0) is 13.4. The SMILES string of the molecule is C/C=C/CC(=O)N(CCCO)Cc1ccc(C)s1. The number of aliphatic hydroxyl groups is 1. The average molecular weight is 267 g/mol. The van der Waals surface area contributed by atoms with Crippen LogP contribution in [-0.2, 0) is 11.3 Å². The Balaban J connectivity index is 2.62. The van der Waals surface area contributed by atoms with Crippen LogP contribution in [0.25, 0.3) is 0 Å². The first kappa shape index (κ1) is 14.9. The lowest BCUT2D eigenvalue weighted by Gasteiger charge is -2.21. The van der Waals surface area contributed by atoms with Crippen molar-refractivity contribution in [2.45, 2.75) is 33.2 Å². The summed E-state index contributed by atoms with van der Waals surface area (Å²) in [5.41, 5.74) is 0. The largest absolute Gasteiger partial charge is 0.396 e. The number of carbonyl (C=O) groups excluding carboxylic acids is 1. The van der Waals surface area contributed by atoms with Gasteiger partial charge in [0.15, 0.2) is 0 Å². The molecule has 0 aliphatic rings. The van der Waals surface area contributed by atoms with Gasteiger partial charge >= 0.3 is 0 Å². The van der Waals surface area contributed by atoms with Gasteiger partial charge in [0.2, 0.25) is 5.91 Å². The van der Waals surface area contributed by atoms with Crippen molar-refractivity contribution in [3.63, 3.8) is 0 Å². The third kappa shape index (κ3) is 5.02. The van der Waals surface area contributed by atoms with Crippen molar-refractivity contribution in [3.8, 4) is 0 Å². The molecule has 0 saturated carbocycles. The van der Waals surface area contributed by atoms with Crippen LogP contribution in [0, 0.1) is 6.92 Å². The third-order valence-corrected chi connectivity index (χ3v) is 3.60. The highest BCUT2D eigenvalue weighted by molar-refractivity contribution is 7.11. The molecule has 0 saturated heterocycles. The number of hydrogen-bond acceptors (Lipinski definition) is 3. The highest BCUT2D eigenvalue weighted by atomic mass is 32.1. The second-order valence-electron chi connectivity index (χ2n) is 4.18. The molecule has 0 spiro atoms. The van der Waals surface area contributed by atoms with Crippen molar-refractivity contribution in [1.29, 1.82) is 0 Å². The van der Waals surface area contributed by atoms with Crippen LogP contribution in [0.2, 0.25) is 0 Å². The molecule has 0 radical (unpaired) electrons. The first-order valence-corrected chi connectivity index (χ1v) is 7.04. The number of nitrogens with zero attached hydrogens (tertiary/aromatic N) is 1. The van der Waals surface area contributed by atoms with E-state index in [2.05, 4.69) is 19.1 Å². The Bertz CT molecular complexity index is 398. The molecule has 0 aliphatic carbocycles. The number of rotatable bonds is 7. The molecule has 4 heteroatoms. The van der Waals surface area contributed by atoms with E-state index >= 15 is 0 Å². The minimum Gasteiger partial charge on any atom is -0.396 e. The Hall–Kier alpha value is -1.13. The van der Waals surface area contributed by atoms with Gasteiger partial charge in [-0.1, -0.05) is 12.2 Å². The molecule has 0 unspecified atom stereocenters. The Morgan fingerprint density at radius 1 is 1.50 bits per heavy atom. The maximum absolute atomic E-state index is 12.0. The van der Waals surface area contributed by atoms with Gasteiger partial charge in [-0.25, -0.2) is 0 Å². The molecule has 3 nitrogen and oxygen atoms in total. The van der Waals surface area contributed by atoms with Crippen molar-refractivity contribution in [2.24, 2.45) is 0 Å². The van der Waals surface area contributed by atoms with Crippen molar-refractivity contribution >= 4 is 17.2 Å². The monoisotopic (exact) mass is 267 g/mol. The van der Waals surface area contributed by atoms with Gasteiger partial charge in [0.05, 0.1) is 6.54 Å². The molecule has 18 heavy (non-hydrogen) atoms. The summed E-state index contributed by atoms with van der Waals surface area (Å²) in [4.78, 5) is 16.3. The van der Waals surface area contributed by atoms with Gasteiger partial charge in [-0.05, 0) is 32.4 Å². The quantitative estimate of drug-likeness (QED) is 0.772. The highest BCUT2D eigenvalue weighted by Gasteiger charge is 2.13. The van der Waals surface area contributed by atoms with Crippen molar-refractivity contribution in [1.82, 2.24) is 4.90 Å². The van der Waals surface area contributed by atoms with Gasteiger partial charge in [0.1, 0.15) is 0 Å². The molecule has 100 valence electrons. The first-order valence-electron chi connectivity index (χ1n) is 6.22. The van der Waals surface area contributed by atoms with E-state index in [9.17, 15) is 4.79 Å². The van der Waals surface area contributed by atoms with E-state index in [0.29, 0.717) is 25.9 Å². The first-order chi connectivity index (χ1) is 8.67. The van der Waals surface area contributed by atoms with E-state index in [4.69, 9.17) is 5.11 Å². The van der Waals surface area contributed by atoms with Crippen LogP contribution in [0.5, 0.6) is 0 Å². The van der Waals surface area contributed by atoms with Gasteiger partial charge in [-0.2, -0.15) is 0 Å². The van der Waals surface area contributed by atoms with E-state index in [1.165, 1.54) is 9.75 Å². The lowest BCUT2D eigenvalue weighted by Crippen LogP contribution is -2.31. The summed E-state index contributed by atoms with van der Waals surface area (Å²) >= 11 is 1.72. The minimum atomic E-state index is 0.118. The summed E-state index contributed by atoms with van der Waals surface area (Å²) < 4.78 is 0. The fraction of sp³-hybridized carbons (Fsp3) is 0.500. The zero-order valence-corrected chi connectivity index (χ0v) is 11.9. The van der Waals surface area contributed by atoms with Gasteiger partial charge in [0.25, 0.3) is 0 Å². The van der Waals surface area contributed by atoms with Crippen LogP contribution in [0.4, 0.5) is 0 Å². The Labute approximate surface area is 113 Å². The Kier molecular flexibility index (Phi) is 6.68. The van der Waals surface area contributed by atoms with Crippen molar-refractivity contribution in [2.75, 3.05) is 13.2 Å². The Morgan fingerprint density at radius 2 is 2.28 bits per heavy atom. The van der Waals surface area contributed by atoms with Crippen LogP contribution in [-0.4, -0.2) is 29.1 Å². The van der Waals surface area contributed by atoms with Crippen LogP contribution in [0.15, 0.2) is 24.3 Å². The fourth-order valence-corrected chi connectivity index (χ4v) is 2.57. The summed E-state index contributed by atoms with van der Waals surface area (Å²) in [6, 6.07) is 4.13. The maximum atomic E-state index is 12.0. The Morgan fingerprint density at radius 3 is 2.83 bits per heavy atom. The second-order valence-corrected chi connectivity index (χ2v) is 5.55. The molecule has 1 amide bonds. The van der Waals surface area contributed by atoms with Crippen molar-refractivity contribution in [3.05, 3.63) is 34.0 Å². The number of amides is 1. The topological polar surface area (TPSA) is 40.5 Å². The molecule has 0 fully saturated rings. The number of aryl methyl sites for hydroxylation is 1. The number of aliphatic hydroxyl groups excluding tert-OH is 1. The van der Waals surface area contributed by atoms with Crippen molar-refractivity contribution < 1.29 is 9.90 Å². The van der Waals surface area contributed by atoms with Crippen LogP contribution >= 0.6 is 11.3 Å². The molecule has 1 aromatic rings. The van der Waals surface area contributed by atoms with E-state index < -0.39 is 0 Å². The number of allylic oxidation sites excluding steroid dienone is 1. The minimum absolute atomic E-state index is 0.118. The molecular weight excluding hydrogens is 246 g/mol. The van der Waals surface area contributed by atoms with E-state index in [-0.39, 0.29) is 12.5 Å². The number of hydrogen-bond donors (Lipinski definition) is 1.